The SMILES string of the molecule is CN1NC[C]=C1OC(F)(F)F. The molecule has 1 rings (SSSR count). The highest BCUT2D eigenvalue weighted by Crippen LogP contribution is 2.22. The van der Waals surface area contributed by atoms with Gasteiger partial charge in [0, 0.05) is 19.7 Å². The normalized spacial score (nSPS) is 18.5. The fraction of sp³-hybridized carbons (Fsp3) is 0.600. The van der Waals surface area contributed by atoms with Crippen molar-refractivity contribution in [2.24, 2.45) is 0 Å². The maximum Gasteiger partial charge on any atom is 0.574 e. The van der Waals surface area contributed by atoms with E-state index in [4.69, 9.17) is 0 Å². The summed E-state index contributed by atoms with van der Waals surface area (Å²) in [7, 11) is 1.42. The van der Waals surface area contributed by atoms with Gasteiger partial charge < -0.3 is 4.74 Å². The van der Waals surface area contributed by atoms with E-state index >= 15 is 0 Å². The van der Waals surface area contributed by atoms with Crippen LogP contribution in [0.2, 0.25) is 0 Å². The molecular formula is C5H6F3N2O. The van der Waals surface area contributed by atoms with Gasteiger partial charge in [-0.1, -0.05) is 0 Å². The first-order chi connectivity index (χ1) is 4.99. The van der Waals surface area contributed by atoms with Crippen LogP contribution in [0, 0.1) is 6.08 Å². The number of nitrogens with zero attached hydrogens (tertiary/aromatic N) is 1. The fourth-order valence-electron chi connectivity index (χ4n) is 0.638. The van der Waals surface area contributed by atoms with E-state index in [0.717, 1.165) is 5.01 Å². The number of hydrogen-bond donors (Lipinski definition) is 1. The Bertz CT molecular complexity index is 177. The molecule has 0 aromatic rings. The smallest absolute Gasteiger partial charge is 0.388 e. The van der Waals surface area contributed by atoms with E-state index in [-0.39, 0.29) is 12.4 Å². The van der Waals surface area contributed by atoms with Gasteiger partial charge in [0.1, 0.15) is 0 Å². The van der Waals surface area contributed by atoms with Gasteiger partial charge in [0.2, 0.25) is 5.88 Å². The molecule has 0 bridgehead atoms. The first kappa shape index (κ1) is 8.19. The molecule has 0 aliphatic carbocycles. The average Bonchev–Trinajstić information content (AvgIpc) is 2.12. The Hall–Kier alpha value is -0.910. The van der Waals surface area contributed by atoms with E-state index in [1.165, 1.54) is 7.05 Å². The zero-order valence-corrected chi connectivity index (χ0v) is 5.70. The number of ether oxygens (including phenoxy) is 1. The van der Waals surface area contributed by atoms with Crippen LogP contribution in [0.25, 0.3) is 0 Å². The van der Waals surface area contributed by atoms with Crippen LogP contribution in [-0.2, 0) is 4.74 Å². The number of hydrogen-bond acceptors (Lipinski definition) is 3. The summed E-state index contributed by atoms with van der Waals surface area (Å²) in [5, 5.41) is 1.12. The summed E-state index contributed by atoms with van der Waals surface area (Å²) in [6, 6.07) is 0. The minimum Gasteiger partial charge on any atom is -0.388 e. The predicted octanol–water partition coefficient (Wildman–Crippen LogP) is 0.617. The van der Waals surface area contributed by atoms with Crippen molar-refractivity contribution < 1.29 is 17.9 Å². The van der Waals surface area contributed by atoms with Crippen LogP contribution < -0.4 is 5.43 Å². The lowest BCUT2D eigenvalue weighted by atomic mass is 10.6. The molecule has 0 spiro atoms. The molecule has 0 saturated carbocycles. The molecule has 1 N–H and O–H groups in total. The van der Waals surface area contributed by atoms with Crippen LogP contribution >= 0.6 is 0 Å². The molecule has 1 aliphatic heterocycles. The third-order valence-corrected chi connectivity index (χ3v) is 1.07. The van der Waals surface area contributed by atoms with Crippen molar-refractivity contribution in [2.45, 2.75) is 6.36 Å². The van der Waals surface area contributed by atoms with Gasteiger partial charge in [0.25, 0.3) is 0 Å². The van der Waals surface area contributed by atoms with Gasteiger partial charge in [0.05, 0.1) is 0 Å². The summed E-state index contributed by atoms with van der Waals surface area (Å²) in [4.78, 5) is 0. The molecular weight excluding hydrogens is 161 g/mol. The van der Waals surface area contributed by atoms with Crippen molar-refractivity contribution in [3.8, 4) is 0 Å². The lowest BCUT2D eigenvalue weighted by Gasteiger charge is -2.17. The predicted molar refractivity (Wildman–Crippen MR) is 29.7 cm³/mol. The Labute approximate surface area is 61.4 Å². The first-order valence-corrected chi connectivity index (χ1v) is 2.83. The van der Waals surface area contributed by atoms with Gasteiger partial charge in [-0.05, 0) is 0 Å². The lowest BCUT2D eigenvalue weighted by Crippen LogP contribution is -2.30. The Kier molecular flexibility index (Phi) is 1.95. The van der Waals surface area contributed by atoms with Crippen molar-refractivity contribution in [2.75, 3.05) is 13.6 Å². The minimum absolute atomic E-state index is 0.238. The van der Waals surface area contributed by atoms with Crippen LogP contribution in [0.3, 0.4) is 0 Å². The maximum absolute atomic E-state index is 11.5. The second-order valence-electron chi connectivity index (χ2n) is 1.92. The monoisotopic (exact) mass is 167 g/mol. The quantitative estimate of drug-likeness (QED) is 0.619. The van der Waals surface area contributed by atoms with Gasteiger partial charge in [-0.2, -0.15) is 0 Å². The third-order valence-electron chi connectivity index (χ3n) is 1.07. The largest absolute Gasteiger partial charge is 0.574 e. The Morgan fingerprint density at radius 2 is 2.27 bits per heavy atom. The van der Waals surface area contributed by atoms with Gasteiger partial charge in [-0.25, -0.2) is 5.43 Å². The van der Waals surface area contributed by atoms with E-state index in [1.807, 2.05) is 0 Å². The van der Waals surface area contributed by atoms with Crippen LogP contribution in [0.15, 0.2) is 5.88 Å². The lowest BCUT2D eigenvalue weighted by molar-refractivity contribution is -0.313. The fourth-order valence-corrected chi connectivity index (χ4v) is 0.638. The van der Waals surface area contributed by atoms with E-state index in [9.17, 15) is 13.2 Å². The number of rotatable bonds is 1. The zero-order chi connectivity index (χ0) is 8.48. The third kappa shape index (κ3) is 2.30. The molecule has 0 aromatic heterocycles. The highest BCUT2D eigenvalue weighted by molar-refractivity contribution is 4.90. The summed E-state index contributed by atoms with van der Waals surface area (Å²) < 4.78 is 38.2. The molecule has 11 heavy (non-hydrogen) atoms. The van der Waals surface area contributed by atoms with Crippen LogP contribution in [0.5, 0.6) is 0 Å². The molecule has 0 atom stereocenters. The van der Waals surface area contributed by atoms with Crippen LogP contribution in [-0.4, -0.2) is 25.0 Å². The van der Waals surface area contributed by atoms with Gasteiger partial charge in [-0.3, -0.25) is 5.01 Å². The Morgan fingerprint density at radius 3 is 2.64 bits per heavy atom. The topological polar surface area (TPSA) is 24.5 Å². The molecule has 0 fully saturated rings. The van der Waals surface area contributed by atoms with Gasteiger partial charge in [0.15, 0.2) is 0 Å². The second kappa shape index (κ2) is 2.61. The van der Waals surface area contributed by atoms with Crippen molar-refractivity contribution in [3.05, 3.63) is 12.0 Å². The Morgan fingerprint density at radius 1 is 1.64 bits per heavy atom. The molecule has 0 saturated heterocycles. The van der Waals surface area contributed by atoms with Crippen molar-refractivity contribution in [1.82, 2.24) is 10.4 Å². The summed E-state index contributed by atoms with van der Waals surface area (Å²) in [5.41, 5.74) is 2.55. The molecule has 1 aliphatic rings. The molecule has 63 valence electrons. The number of hydrazine groups is 1. The van der Waals surface area contributed by atoms with Gasteiger partial charge in [-0.15, -0.1) is 13.2 Å². The highest BCUT2D eigenvalue weighted by Gasteiger charge is 2.34. The van der Waals surface area contributed by atoms with Crippen molar-refractivity contribution in [1.29, 1.82) is 0 Å². The molecule has 6 heteroatoms. The van der Waals surface area contributed by atoms with Gasteiger partial charge >= 0.3 is 6.36 Å². The van der Waals surface area contributed by atoms with Crippen LogP contribution in [0.4, 0.5) is 13.2 Å². The average molecular weight is 167 g/mol. The molecule has 1 heterocycles. The zero-order valence-electron chi connectivity index (χ0n) is 5.70. The molecule has 0 amide bonds. The number of nitrogens with one attached hydrogen (secondary N) is 1. The highest BCUT2D eigenvalue weighted by atomic mass is 19.4. The summed E-state index contributed by atoms with van der Waals surface area (Å²) in [6.45, 7) is 0.238. The van der Waals surface area contributed by atoms with Crippen LogP contribution in [0.1, 0.15) is 0 Å². The van der Waals surface area contributed by atoms with E-state index in [0.29, 0.717) is 0 Å². The summed E-state index contributed by atoms with van der Waals surface area (Å²) in [6.07, 6.45) is -2.28. The standard InChI is InChI=1S/C5H6F3N2O/c1-10-4(2-3-9-10)11-5(6,7)8/h9H,3H2,1H3. The maximum atomic E-state index is 11.5. The minimum atomic E-state index is -4.64. The van der Waals surface area contributed by atoms with E-state index < -0.39 is 6.36 Å². The molecule has 0 unspecified atom stereocenters. The molecule has 1 radical (unpaired) electrons. The summed E-state index contributed by atoms with van der Waals surface area (Å²) >= 11 is 0. The van der Waals surface area contributed by atoms with Crippen molar-refractivity contribution >= 4 is 0 Å². The second-order valence-corrected chi connectivity index (χ2v) is 1.92. The van der Waals surface area contributed by atoms with Crippen molar-refractivity contribution in [3.63, 3.8) is 0 Å². The molecule has 0 aromatic carbocycles. The Balaban J connectivity index is 2.49. The number of alkyl halides is 3. The first-order valence-electron chi connectivity index (χ1n) is 2.83. The van der Waals surface area contributed by atoms with E-state index in [1.54, 1.807) is 0 Å². The molecule has 3 nitrogen and oxygen atoms in total. The number of halogens is 3. The summed E-state index contributed by atoms with van der Waals surface area (Å²) in [5.74, 6) is -0.336. The van der Waals surface area contributed by atoms with E-state index in [2.05, 4.69) is 16.2 Å².